The highest BCUT2D eigenvalue weighted by Crippen LogP contribution is 2.36. The van der Waals surface area contributed by atoms with Crippen LogP contribution in [-0.2, 0) is 9.53 Å². The quantitative estimate of drug-likeness (QED) is 0.530. The fourth-order valence-corrected chi connectivity index (χ4v) is 4.29. The second-order valence-corrected chi connectivity index (χ2v) is 8.04. The number of thiazole rings is 1. The molecule has 146 valence electrons. The number of carbonyl (C=O) groups is 1. The first-order valence-corrected chi connectivity index (χ1v) is 10.1. The van der Waals surface area contributed by atoms with Crippen molar-refractivity contribution >= 4 is 55.9 Å². The van der Waals surface area contributed by atoms with Crippen LogP contribution in [0.15, 0.2) is 36.4 Å². The molecule has 0 radical (unpaired) electrons. The Bertz CT molecular complexity index is 1020. The molecule has 3 aromatic rings. The third-order valence-corrected chi connectivity index (χ3v) is 5.86. The lowest BCUT2D eigenvalue weighted by Gasteiger charge is -2.38. The molecule has 2 aromatic carbocycles. The molecule has 0 unspecified atom stereocenters. The Morgan fingerprint density at radius 2 is 2.07 bits per heavy atom. The molecule has 0 N–H and O–H groups in total. The fourth-order valence-electron chi connectivity index (χ4n) is 2.83. The lowest BCUT2D eigenvalue weighted by molar-refractivity contribution is -0.152. The van der Waals surface area contributed by atoms with Crippen molar-refractivity contribution in [2.24, 2.45) is 0 Å². The van der Waals surface area contributed by atoms with E-state index in [-0.39, 0.29) is 12.7 Å². The van der Waals surface area contributed by atoms with Gasteiger partial charge < -0.3 is 19.1 Å². The molecule has 1 aliphatic heterocycles. The second-order valence-electron chi connectivity index (χ2n) is 6.18. The van der Waals surface area contributed by atoms with Crippen LogP contribution in [0, 0.1) is 0 Å². The van der Waals surface area contributed by atoms with Gasteiger partial charge in [0.05, 0.1) is 29.9 Å². The van der Waals surface area contributed by atoms with Gasteiger partial charge in [-0.1, -0.05) is 40.6 Å². The van der Waals surface area contributed by atoms with Gasteiger partial charge in [0, 0.05) is 5.02 Å². The third-order valence-electron chi connectivity index (χ3n) is 4.25. The van der Waals surface area contributed by atoms with E-state index in [0.717, 1.165) is 21.1 Å². The Kier molecular flexibility index (Phi) is 5.48. The number of ether oxygens (including phenoxy) is 3. The summed E-state index contributed by atoms with van der Waals surface area (Å²) >= 11 is 13.4. The van der Waals surface area contributed by atoms with Crippen molar-refractivity contribution in [1.29, 1.82) is 0 Å². The average molecular weight is 439 g/mol. The number of esters is 1. The number of nitrogens with zero attached hydrogens (tertiary/aromatic N) is 2. The number of halogens is 2. The number of methoxy groups -OCH3 is 1. The first-order valence-electron chi connectivity index (χ1n) is 8.49. The van der Waals surface area contributed by atoms with Gasteiger partial charge in [0.25, 0.3) is 0 Å². The molecule has 4 rings (SSSR count). The number of aromatic nitrogens is 1. The summed E-state index contributed by atoms with van der Waals surface area (Å²) in [5, 5.41) is 1.74. The Labute approximate surface area is 175 Å². The summed E-state index contributed by atoms with van der Waals surface area (Å²) in [6.45, 7) is 0.974. The molecule has 9 heteroatoms. The number of carbonyl (C=O) groups excluding carboxylic acids is 1. The summed E-state index contributed by atoms with van der Waals surface area (Å²) < 4.78 is 17.2. The highest BCUT2D eigenvalue weighted by atomic mass is 35.5. The summed E-state index contributed by atoms with van der Waals surface area (Å²) in [4.78, 5) is 18.7. The zero-order valence-corrected chi connectivity index (χ0v) is 17.2. The second kappa shape index (κ2) is 8.03. The number of anilines is 1. The molecule has 1 fully saturated rings. The Hall–Kier alpha value is -2.22. The number of para-hydroxylation sites is 1. The molecule has 1 aromatic heterocycles. The summed E-state index contributed by atoms with van der Waals surface area (Å²) in [5.41, 5.74) is 0.846. The molecule has 1 aliphatic rings. The van der Waals surface area contributed by atoms with Crippen molar-refractivity contribution in [2.75, 3.05) is 31.7 Å². The molecule has 0 atom stereocenters. The Morgan fingerprint density at radius 1 is 1.25 bits per heavy atom. The number of rotatable bonds is 6. The highest BCUT2D eigenvalue weighted by molar-refractivity contribution is 7.22. The first kappa shape index (κ1) is 19.1. The molecule has 2 heterocycles. The summed E-state index contributed by atoms with van der Waals surface area (Å²) in [6, 6.07) is 10.7. The zero-order valence-electron chi connectivity index (χ0n) is 14.9. The van der Waals surface area contributed by atoms with Gasteiger partial charge in [-0.2, -0.15) is 0 Å². The van der Waals surface area contributed by atoms with Crippen LogP contribution >= 0.6 is 34.5 Å². The van der Waals surface area contributed by atoms with Crippen molar-refractivity contribution < 1.29 is 19.0 Å². The lowest BCUT2D eigenvalue weighted by Crippen LogP contribution is -2.53. The van der Waals surface area contributed by atoms with E-state index < -0.39 is 5.97 Å². The lowest BCUT2D eigenvalue weighted by atomic mass is 10.2. The van der Waals surface area contributed by atoms with E-state index in [0.29, 0.717) is 28.9 Å². The van der Waals surface area contributed by atoms with E-state index in [1.807, 2.05) is 18.2 Å². The Morgan fingerprint density at radius 3 is 2.82 bits per heavy atom. The van der Waals surface area contributed by atoms with Gasteiger partial charge in [-0.15, -0.1) is 0 Å². The monoisotopic (exact) mass is 438 g/mol. The molecule has 0 aliphatic carbocycles. The summed E-state index contributed by atoms with van der Waals surface area (Å²) in [7, 11) is 1.63. The fraction of sp³-hybridized carbons (Fsp3) is 0.263. The van der Waals surface area contributed by atoms with Crippen LogP contribution in [-0.4, -0.2) is 43.9 Å². The van der Waals surface area contributed by atoms with Gasteiger partial charge in [-0.3, -0.25) is 0 Å². The topological polar surface area (TPSA) is 60.9 Å². The maximum atomic E-state index is 12.0. The molecule has 1 saturated heterocycles. The molecule has 0 bridgehead atoms. The van der Waals surface area contributed by atoms with E-state index in [4.69, 9.17) is 37.4 Å². The van der Waals surface area contributed by atoms with Gasteiger partial charge >= 0.3 is 5.97 Å². The average Bonchev–Trinajstić information content (AvgIpc) is 3.07. The number of fused-ring (bicyclic) bond motifs is 1. The van der Waals surface area contributed by atoms with Crippen LogP contribution in [0.25, 0.3) is 10.2 Å². The molecule has 6 nitrogen and oxygen atoms in total. The summed E-state index contributed by atoms with van der Waals surface area (Å²) in [5.74, 6) is 0.699. The van der Waals surface area contributed by atoms with Gasteiger partial charge in [0.1, 0.15) is 23.1 Å². The molecule has 28 heavy (non-hydrogen) atoms. The van der Waals surface area contributed by atoms with Crippen LogP contribution < -0.4 is 14.4 Å². The molecule has 0 amide bonds. The van der Waals surface area contributed by atoms with Crippen molar-refractivity contribution in [2.45, 2.75) is 6.10 Å². The predicted molar refractivity (Wildman–Crippen MR) is 110 cm³/mol. The number of hydrogen-bond acceptors (Lipinski definition) is 7. The standard InChI is InChI=1S/C19H16Cl2N2O4S/c1-25-15-3-2-4-16-18(15)22-19(28-16)23-8-12(9-23)27-17(24)10-26-14-6-5-11(20)7-13(14)21/h2-7,12H,8-10H2,1H3. The third kappa shape index (κ3) is 3.97. The van der Waals surface area contributed by atoms with E-state index in [9.17, 15) is 4.79 Å². The van der Waals surface area contributed by atoms with Crippen LogP contribution in [0.1, 0.15) is 0 Å². The largest absolute Gasteiger partial charge is 0.494 e. The van der Waals surface area contributed by atoms with Crippen molar-refractivity contribution in [3.05, 3.63) is 46.4 Å². The van der Waals surface area contributed by atoms with E-state index in [1.165, 1.54) is 0 Å². The molecular weight excluding hydrogens is 423 g/mol. The molecule has 0 saturated carbocycles. The minimum atomic E-state index is -0.443. The number of hydrogen-bond donors (Lipinski definition) is 0. The van der Waals surface area contributed by atoms with Crippen LogP contribution in [0.4, 0.5) is 5.13 Å². The van der Waals surface area contributed by atoms with Crippen LogP contribution in [0.3, 0.4) is 0 Å². The summed E-state index contributed by atoms with van der Waals surface area (Å²) in [6.07, 6.45) is -0.189. The van der Waals surface area contributed by atoms with Crippen LogP contribution in [0.2, 0.25) is 10.0 Å². The van der Waals surface area contributed by atoms with E-state index in [1.54, 1.807) is 36.6 Å². The smallest absolute Gasteiger partial charge is 0.344 e. The SMILES string of the molecule is COc1cccc2sc(N3CC(OC(=O)COc4ccc(Cl)cc4Cl)C3)nc12. The maximum absolute atomic E-state index is 12.0. The minimum Gasteiger partial charge on any atom is -0.494 e. The maximum Gasteiger partial charge on any atom is 0.344 e. The zero-order chi connectivity index (χ0) is 19.7. The van der Waals surface area contributed by atoms with Crippen molar-refractivity contribution in [3.63, 3.8) is 0 Å². The van der Waals surface area contributed by atoms with Gasteiger partial charge in [-0.25, -0.2) is 9.78 Å². The van der Waals surface area contributed by atoms with Gasteiger partial charge in [-0.05, 0) is 30.3 Å². The van der Waals surface area contributed by atoms with Gasteiger partial charge in [0.2, 0.25) is 0 Å². The number of benzene rings is 2. The van der Waals surface area contributed by atoms with Crippen molar-refractivity contribution in [1.82, 2.24) is 4.98 Å². The molecular formula is C19H16Cl2N2O4S. The predicted octanol–water partition coefficient (Wildman–Crippen LogP) is 4.42. The van der Waals surface area contributed by atoms with Crippen molar-refractivity contribution in [3.8, 4) is 11.5 Å². The highest BCUT2D eigenvalue weighted by Gasteiger charge is 2.32. The minimum absolute atomic E-state index is 0.189. The normalized spacial score (nSPS) is 14.0. The van der Waals surface area contributed by atoms with E-state index >= 15 is 0 Å². The Balaban J connectivity index is 1.29. The first-order chi connectivity index (χ1) is 13.5. The molecule has 0 spiro atoms. The van der Waals surface area contributed by atoms with Crippen LogP contribution in [0.5, 0.6) is 11.5 Å². The van der Waals surface area contributed by atoms with Gasteiger partial charge in [0.15, 0.2) is 11.7 Å². The van der Waals surface area contributed by atoms with E-state index in [2.05, 4.69) is 9.88 Å².